The van der Waals surface area contributed by atoms with Crippen molar-refractivity contribution in [1.82, 2.24) is 4.31 Å². The molecule has 1 heterocycles. The van der Waals surface area contributed by atoms with Gasteiger partial charge in [-0.05, 0) is 56.2 Å². The zero-order chi connectivity index (χ0) is 20.3. The fraction of sp³-hybridized carbons (Fsp3) is 0.381. The van der Waals surface area contributed by atoms with Gasteiger partial charge in [-0.25, -0.2) is 8.42 Å². The molecule has 1 saturated heterocycles. The Balaban J connectivity index is 1.64. The van der Waals surface area contributed by atoms with Gasteiger partial charge < -0.3 is 9.64 Å². The molecule has 0 unspecified atom stereocenters. The number of anilines is 1. The zero-order valence-corrected chi connectivity index (χ0v) is 17.3. The number of nitrogens with zero attached hydrogens (tertiary/aromatic N) is 2. The normalized spacial score (nSPS) is 16.0. The van der Waals surface area contributed by atoms with Crippen LogP contribution in [0, 0.1) is 12.8 Å². The van der Waals surface area contributed by atoms with Crippen LogP contribution in [-0.2, 0) is 14.8 Å². The number of carbonyl (C=O) groups is 1. The van der Waals surface area contributed by atoms with Gasteiger partial charge in [-0.2, -0.15) is 4.31 Å². The Labute approximate surface area is 166 Å². The summed E-state index contributed by atoms with van der Waals surface area (Å²) >= 11 is 0. The number of benzene rings is 2. The van der Waals surface area contributed by atoms with Crippen LogP contribution in [0.4, 0.5) is 5.69 Å². The van der Waals surface area contributed by atoms with Crippen molar-refractivity contribution in [3.05, 3.63) is 54.1 Å². The first-order valence-electron chi connectivity index (χ1n) is 9.31. The second-order valence-electron chi connectivity index (χ2n) is 7.09. The molecular formula is C21H26N2O4S. The van der Waals surface area contributed by atoms with Gasteiger partial charge in [0.1, 0.15) is 5.75 Å². The number of ether oxygens (including phenoxy) is 1. The SMILES string of the molecule is COc1ccc(N(C)C(=O)C2CCN(S(=O)(=O)c3ccc(C)cc3)CC2)cc1. The Bertz CT molecular complexity index is 916. The minimum Gasteiger partial charge on any atom is -0.497 e. The lowest BCUT2D eigenvalue weighted by Crippen LogP contribution is -2.43. The number of rotatable bonds is 5. The first kappa shape index (κ1) is 20.4. The maximum Gasteiger partial charge on any atom is 0.243 e. The minimum absolute atomic E-state index is 0.0116. The Morgan fingerprint density at radius 3 is 2.14 bits per heavy atom. The van der Waals surface area contributed by atoms with E-state index in [-0.39, 0.29) is 11.8 Å². The maximum absolute atomic E-state index is 12.8. The largest absolute Gasteiger partial charge is 0.497 e. The maximum atomic E-state index is 12.8. The summed E-state index contributed by atoms with van der Waals surface area (Å²) in [5.41, 5.74) is 1.81. The predicted octanol–water partition coefficient (Wildman–Crippen LogP) is 3.07. The van der Waals surface area contributed by atoms with Crippen LogP contribution in [0.3, 0.4) is 0 Å². The van der Waals surface area contributed by atoms with Crippen molar-refractivity contribution in [3.8, 4) is 5.75 Å². The number of sulfonamides is 1. The number of carbonyl (C=O) groups excluding carboxylic acids is 1. The Morgan fingerprint density at radius 2 is 1.61 bits per heavy atom. The van der Waals surface area contributed by atoms with Crippen LogP contribution in [0.15, 0.2) is 53.4 Å². The standard InChI is InChI=1S/C21H26N2O4S/c1-16-4-10-20(11-5-16)28(25,26)23-14-12-17(13-15-23)21(24)22(2)18-6-8-19(27-3)9-7-18/h4-11,17H,12-15H2,1-3H3. The van der Waals surface area contributed by atoms with Crippen molar-refractivity contribution in [2.75, 3.05) is 32.1 Å². The molecule has 1 aliphatic heterocycles. The third kappa shape index (κ3) is 4.20. The van der Waals surface area contributed by atoms with Crippen molar-refractivity contribution in [2.24, 2.45) is 5.92 Å². The molecule has 3 rings (SSSR count). The lowest BCUT2D eigenvalue weighted by atomic mass is 9.96. The Morgan fingerprint density at radius 1 is 1.04 bits per heavy atom. The summed E-state index contributed by atoms with van der Waals surface area (Å²) < 4.78 is 32.2. The van der Waals surface area contributed by atoms with E-state index in [1.807, 2.05) is 31.2 Å². The fourth-order valence-corrected chi connectivity index (χ4v) is 4.88. The monoisotopic (exact) mass is 402 g/mol. The van der Waals surface area contributed by atoms with Crippen LogP contribution < -0.4 is 9.64 Å². The molecule has 2 aromatic rings. The molecule has 0 N–H and O–H groups in total. The highest BCUT2D eigenvalue weighted by atomic mass is 32.2. The van der Waals surface area contributed by atoms with Crippen molar-refractivity contribution in [2.45, 2.75) is 24.7 Å². The van der Waals surface area contributed by atoms with Gasteiger partial charge in [0.25, 0.3) is 0 Å². The molecule has 0 aromatic heterocycles. The van der Waals surface area contributed by atoms with Crippen molar-refractivity contribution >= 4 is 21.6 Å². The Hall–Kier alpha value is -2.38. The number of aryl methyl sites for hydroxylation is 1. The second kappa shape index (κ2) is 8.32. The quantitative estimate of drug-likeness (QED) is 0.771. The number of hydrogen-bond donors (Lipinski definition) is 0. The second-order valence-corrected chi connectivity index (χ2v) is 9.02. The molecule has 2 aromatic carbocycles. The van der Waals surface area contributed by atoms with Crippen molar-refractivity contribution < 1.29 is 17.9 Å². The topological polar surface area (TPSA) is 66.9 Å². The highest BCUT2D eigenvalue weighted by molar-refractivity contribution is 7.89. The fourth-order valence-electron chi connectivity index (χ4n) is 3.41. The summed E-state index contributed by atoms with van der Waals surface area (Å²) in [5, 5.41) is 0. The summed E-state index contributed by atoms with van der Waals surface area (Å²) in [4.78, 5) is 14.8. The minimum atomic E-state index is -3.51. The van der Waals surface area contributed by atoms with E-state index in [0.717, 1.165) is 17.0 Å². The van der Waals surface area contributed by atoms with Crippen molar-refractivity contribution in [1.29, 1.82) is 0 Å². The van der Waals surface area contributed by atoms with Crippen LogP contribution in [0.1, 0.15) is 18.4 Å². The molecule has 0 bridgehead atoms. The molecule has 0 spiro atoms. The number of piperidine rings is 1. The van der Waals surface area contributed by atoms with Gasteiger partial charge in [0.15, 0.2) is 0 Å². The van der Waals surface area contributed by atoms with E-state index < -0.39 is 10.0 Å². The van der Waals surface area contributed by atoms with Crippen molar-refractivity contribution in [3.63, 3.8) is 0 Å². The molecule has 0 saturated carbocycles. The summed E-state index contributed by atoms with van der Waals surface area (Å²) in [6, 6.07) is 14.2. The molecule has 0 aliphatic carbocycles. The van der Waals surface area contributed by atoms with E-state index in [4.69, 9.17) is 4.74 Å². The molecule has 6 nitrogen and oxygen atoms in total. The molecule has 150 valence electrons. The molecule has 1 amide bonds. The van der Waals surface area contributed by atoms with E-state index in [1.54, 1.807) is 43.3 Å². The van der Waals surface area contributed by atoms with E-state index in [1.165, 1.54) is 4.31 Å². The molecule has 1 aliphatic rings. The van der Waals surface area contributed by atoms with E-state index >= 15 is 0 Å². The highest BCUT2D eigenvalue weighted by Crippen LogP contribution is 2.27. The first-order valence-corrected chi connectivity index (χ1v) is 10.8. The summed E-state index contributed by atoms with van der Waals surface area (Å²) in [6.07, 6.45) is 1.04. The van der Waals surface area contributed by atoms with Crippen LogP contribution in [0.2, 0.25) is 0 Å². The molecule has 0 atom stereocenters. The lowest BCUT2D eigenvalue weighted by molar-refractivity contribution is -0.123. The smallest absolute Gasteiger partial charge is 0.243 e. The molecule has 0 radical (unpaired) electrons. The summed E-state index contributed by atoms with van der Waals surface area (Å²) in [7, 11) is -0.164. The van der Waals surface area contributed by atoms with Gasteiger partial charge in [0.2, 0.25) is 15.9 Å². The molecule has 7 heteroatoms. The number of hydrogen-bond acceptors (Lipinski definition) is 4. The number of methoxy groups -OCH3 is 1. The third-order valence-electron chi connectivity index (χ3n) is 5.25. The van der Waals surface area contributed by atoms with Crippen LogP contribution in [0.25, 0.3) is 0 Å². The summed E-state index contributed by atoms with van der Waals surface area (Å²) in [5.74, 6) is 0.563. The van der Waals surface area contributed by atoms with Gasteiger partial charge in [0, 0.05) is 31.7 Å². The van der Waals surface area contributed by atoms with E-state index in [0.29, 0.717) is 30.8 Å². The average Bonchev–Trinajstić information content (AvgIpc) is 2.73. The van der Waals surface area contributed by atoms with Gasteiger partial charge in [-0.15, -0.1) is 0 Å². The first-order chi connectivity index (χ1) is 13.3. The van der Waals surface area contributed by atoms with Crippen LogP contribution in [-0.4, -0.2) is 45.9 Å². The van der Waals surface area contributed by atoms with Gasteiger partial charge >= 0.3 is 0 Å². The molecule has 28 heavy (non-hydrogen) atoms. The van der Waals surface area contributed by atoms with E-state index in [9.17, 15) is 13.2 Å². The Kier molecular flexibility index (Phi) is 6.05. The molecular weight excluding hydrogens is 376 g/mol. The summed E-state index contributed by atoms with van der Waals surface area (Å²) in [6.45, 7) is 2.62. The number of amides is 1. The van der Waals surface area contributed by atoms with E-state index in [2.05, 4.69) is 0 Å². The van der Waals surface area contributed by atoms with Gasteiger partial charge in [-0.3, -0.25) is 4.79 Å². The average molecular weight is 403 g/mol. The van der Waals surface area contributed by atoms with Crippen LogP contribution in [0.5, 0.6) is 5.75 Å². The predicted molar refractivity (Wildman–Crippen MR) is 109 cm³/mol. The van der Waals surface area contributed by atoms with Gasteiger partial charge in [-0.1, -0.05) is 17.7 Å². The van der Waals surface area contributed by atoms with Crippen LogP contribution >= 0.6 is 0 Å². The molecule has 1 fully saturated rings. The van der Waals surface area contributed by atoms with Gasteiger partial charge in [0.05, 0.1) is 12.0 Å². The highest BCUT2D eigenvalue weighted by Gasteiger charge is 2.33. The zero-order valence-electron chi connectivity index (χ0n) is 16.5. The lowest BCUT2D eigenvalue weighted by Gasteiger charge is -2.32. The third-order valence-corrected chi connectivity index (χ3v) is 7.17.